The van der Waals surface area contributed by atoms with Crippen molar-refractivity contribution >= 4 is 19.7 Å². The molecule has 3 aromatic carbocycles. The first-order chi connectivity index (χ1) is 15.8. The van der Waals surface area contributed by atoms with Crippen molar-refractivity contribution in [3.05, 3.63) is 102 Å². The van der Waals surface area contributed by atoms with Crippen molar-refractivity contribution in [2.24, 2.45) is 16.5 Å². The molecule has 0 aliphatic heterocycles. The number of rotatable bonds is 8. The van der Waals surface area contributed by atoms with Gasteiger partial charge in [0.15, 0.2) is 5.96 Å². The SMILES string of the molecule is COP(=O)(Oc1ccccc1)N(CC(C)(c1ccccc1)c1ccccc1)C(=N)N=C(N)N. The number of benzene rings is 3. The summed E-state index contributed by atoms with van der Waals surface area (Å²) < 4.78 is 26.4. The highest BCUT2D eigenvalue weighted by molar-refractivity contribution is 7.52. The molecule has 172 valence electrons. The summed E-state index contributed by atoms with van der Waals surface area (Å²) in [5.41, 5.74) is 12.3. The topological polar surface area (TPSA) is 127 Å². The van der Waals surface area contributed by atoms with E-state index in [1.165, 1.54) is 11.8 Å². The second-order valence-electron chi connectivity index (χ2n) is 7.54. The number of para-hydroxylation sites is 1. The predicted molar refractivity (Wildman–Crippen MR) is 131 cm³/mol. The average molecular weight is 465 g/mol. The van der Waals surface area contributed by atoms with Gasteiger partial charge in [0.25, 0.3) is 0 Å². The summed E-state index contributed by atoms with van der Waals surface area (Å²) in [5.74, 6) is -0.450. The number of hydrogen-bond donors (Lipinski definition) is 3. The molecule has 0 amide bonds. The van der Waals surface area contributed by atoms with Gasteiger partial charge in [0.2, 0.25) is 5.96 Å². The van der Waals surface area contributed by atoms with Crippen LogP contribution in [0, 0.1) is 5.41 Å². The van der Waals surface area contributed by atoms with Crippen molar-refractivity contribution in [3.63, 3.8) is 0 Å². The molecular weight excluding hydrogens is 437 g/mol. The van der Waals surface area contributed by atoms with E-state index in [9.17, 15) is 4.57 Å². The molecule has 0 fully saturated rings. The van der Waals surface area contributed by atoms with Gasteiger partial charge in [-0.3, -0.25) is 9.93 Å². The molecule has 0 heterocycles. The van der Waals surface area contributed by atoms with Crippen molar-refractivity contribution in [2.45, 2.75) is 12.3 Å². The molecule has 33 heavy (non-hydrogen) atoms. The first kappa shape index (κ1) is 24.0. The Bertz CT molecular complexity index is 1100. The van der Waals surface area contributed by atoms with Gasteiger partial charge in [-0.15, -0.1) is 0 Å². The van der Waals surface area contributed by atoms with Crippen molar-refractivity contribution in [3.8, 4) is 5.75 Å². The highest BCUT2D eigenvalue weighted by Crippen LogP contribution is 2.53. The average Bonchev–Trinajstić information content (AvgIpc) is 2.83. The van der Waals surface area contributed by atoms with Crippen LogP contribution in [0.5, 0.6) is 5.75 Å². The first-order valence-electron chi connectivity index (χ1n) is 10.3. The lowest BCUT2D eigenvalue weighted by Gasteiger charge is -2.38. The van der Waals surface area contributed by atoms with E-state index in [2.05, 4.69) is 4.99 Å². The monoisotopic (exact) mass is 465 g/mol. The van der Waals surface area contributed by atoms with Gasteiger partial charge in [-0.2, -0.15) is 4.99 Å². The second kappa shape index (κ2) is 10.3. The zero-order chi connectivity index (χ0) is 23.9. The largest absolute Gasteiger partial charge is 0.491 e. The molecule has 3 rings (SSSR count). The van der Waals surface area contributed by atoms with Crippen molar-refractivity contribution < 1.29 is 13.6 Å². The fraction of sp³-hybridized carbons (Fsp3) is 0.167. The van der Waals surface area contributed by atoms with E-state index in [-0.39, 0.29) is 12.5 Å². The van der Waals surface area contributed by atoms with Crippen LogP contribution in [0.15, 0.2) is 96.0 Å². The Hall–Kier alpha value is -3.61. The molecule has 3 aromatic rings. The third kappa shape index (κ3) is 5.61. The van der Waals surface area contributed by atoms with Gasteiger partial charge in [0.1, 0.15) is 5.75 Å². The quantitative estimate of drug-likeness (QED) is 0.258. The molecule has 0 aliphatic carbocycles. The van der Waals surface area contributed by atoms with E-state index >= 15 is 0 Å². The molecule has 0 bridgehead atoms. The van der Waals surface area contributed by atoms with Gasteiger partial charge in [-0.05, 0) is 30.2 Å². The summed E-state index contributed by atoms with van der Waals surface area (Å²) in [7, 11) is -2.83. The predicted octanol–water partition coefficient (Wildman–Crippen LogP) is 4.34. The molecule has 0 aromatic heterocycles. The van der Waals surface area contributed by atoms with Crippen LogP contribution in [-0.4, -0.2) is 30.2 Å². The molecule has 0 aliphatic rings. The summed E-state index contributed by atoms with van der Waals surface area (Å²) in [5, 5.41) is 8.55. The van der Waals surface area contributed by atoms with Crippen LogP contribution in [-0.2, 0) is 14.5 Å². The number of nitrogens with zero attached hydrogens (tertiary/aromatic N) is 2. The number of aliphatic imine (C=N–C) groups is 1. The summed E-state index contributed by atoms with van der Waals surface area (Å²) in [6.45, 7) is 2.03. The maximum atomic E-state index is 14.0. The Morgan fingerprint density at radius 3 is 1.82 bits per heavy atom. The van der Waals surface area contributed by atoms with E-state index in [0.29, 0.717) is 5.75 Å². The number of hydrogen-bond acceptors (Lipinski definition) is 4. The molecule has 0 saturated heterocycles. The standard InChI is InChI=1S/C24H28N5O3P/c1-24(19-12-6-3-7-13-19,20-14-8-4-9-15-20)18-29(23(27)28-22(25)26)33(30,31-2)32-21-16-10-5-11-17-21/h3-17H,18H2,1-2H3,(H5,25,26,27,28). The number of nitrogens with two attached hydrogens (primary N) is 2. The molecule has 9 heteroatoms. The van der Waals surface area contributed by atoms with Crippen LogP contribution in [0.25, 0.3) is 0 Å². The van der Waals surface area contributed by atoms with Gasteiger partial charge < -0.3 is 16.0 Å². The summed E-state index contributed by atoms with van der Waals surface area (Å²) in [6, 6.07) is 28.1. The van der Waals surface area contributed by atoms with Crippen LogP contribution in [0.2, 0.25) is 0 Å². The molecule has 0 saturated carbocycles. The highest BCUT2D eigenvalue weighted by atomic mass is 31.2. The lowest BCUT2D eigenvalue weighted by Crippen LogP contribution is -2.42. The van der Waals surface area contributed by atoms with Crippen molar-refractivity contribution in [2.75, 3.05) is 13.7 Å². The molecular formula is C24H28N5O3P. The number of nitrogens with one attached hydrogen (secondary N) is 1. The molecule has 1 atom stereocenters. The third-order valence-electron chi connectivity index (χ3n) is 5.26. The van der Waals surface area contributed by atoms with Crippen LogP contribution >= 0.6 is 7.75 Å². The minimum atomic E-state index is -4.09. The van der Waals surface area contributed by atoms with E-state index in [1.54, 1.807) is 24.3 Å². The Kier molecular flexibility index (Phi) is 7.53. The van der Waals surface area contributed by atoms with E-state index in [0.717, 1.165) is 11.1 Å². The Labute approximate surface area is 194 Å². The minimum Gasteiger partial charge on any atom is -0.409 e. The molecule has 8 nitrogen and oxygen atoms in total. The van der Waals surface area contributed by atoms with Crippen LogP contribution in [0.4, 0.5) is 0 Å². The van der Waals surface area contributed by atoms with E-state index in [1.807, 2.05) is 73.7 Å². The maximum absolute atomic E-state index is 14.0. The maximum Gasteiger partial charge on any atom is 0.491 e. The second-order valence-corrected chi connectivity index (χ2v) is 9.51. The Balaban J connectivity index is 2.13. The molecule has 0 spiro atoms. The lowest BCUT2D eigenvalue weighted by molar-refractivity contribution is 0.265. The number of guanidine groups is 2. The molecule has 0 radical (unpaired) electrons. The van der Waals surface area contributed by atoms with E-state index < -0.39 is 19.1 Å². The van der Waals surface area contributed by atoms with Crippen LogP contribution in [0.1, 0.15) is 18.1 Å². The summed E-state index contributed by atoms with van der Waals surface area (Å²) >= 11 is 0. The fourth-order valence-corrected chi connectivity index (χ4v) is 5.01. The Morgan fingerprint density at radius 2 is 1.39 bits per heavy atom. The summed E-state index contributed by atoms with van der Waals surface area (Å²) in [6.07, 6.45) is 0. The minimum absolute atomic E-state index is 0.0363. The van der Waals surface area contributed by atoms with Gasteiger partial charge in [0.05, 0.1) is 0 Å². The van der Waals surface area contributed by atoms with Gasteiger partial charge in [0, 0.05) is 19.1 Å². The molecule has 5 N–H and O–H groups in total. The third-order valence-corrected chi connectivity index (χ3v) is 7.08. The van der Waals surface area contributed by atoms with E-state index in [4.69, 9.17) is 25.9 Å². The van der Waals surface area contributed by atoms with Crippen LogP contribution < -0.4 is 16.0 Å². The van der Waals surface area contributed by atoms with Crippen LogP contribution in [0.3, 0.4) is 0 Å². The van der Waals surface area contributed by atoms with Gasteiger partial charge in [-0.1, -0.05) is 78.9 Å². The smallest absolute Gasteiger partial charge is 0.409 e. The zero-order valence-electron chi connectivity index (χ0n) is 18.6. The molecule has 1 unspecified atom stereocenters. The van der Waals surface area contributed by atoms with Crippen molar-refractivity contribution in [1.29, 1.82) is 5.41 Å². The first-order valence-corrected chi connectivity index (χ1v) is 11.8. The summed E-state index contributed by atoms with van der Waals surface area (Å²) in [4.78, 5) is 3.85. The zero-order valence-corrected chi connectivity index (χ0v) is 19.5. The Morgan fingerprint density at radius 1 is 0.939 bits per heavy atom. The normalized spacial score (nSPS) is 12.9. The highest BCUT2D eigenvalue weighted by Gasteiger charge is 2.43. The lowest BCUT2D eigenvalue weighted by atomic mass is 9.76. The fourth-order valence-electron chi connectivity index (χ4n) is 3.52. The van der Waals surface area contributed by atoms with Gasteiger partial charge in [-0.25, -0.2) is 9.24 Å². The van der Waals surface area contributed by atoms with Gasteiger partial charge >= 0.3 is 7.75 Å². The van der Waals surface area contributed by atoms with Crippen molar-refractivity contribution in [1.82, 2.24) is 4.67 Å².